The van der Waals surface area contributed by atoms with Gasteiger partial charge in [0, 0.05) is 36.4 Å². The van der Waals surface area contributed by atoms with Gasteiger partial charge in [0.25, 0.3) is 0 Å². The molecule has 0 aromatic carbocycles. The molecule has 0 radical (unpaired) electrons. The second kappa shape index (κ2) is 10.8. The molecule has 4 N–H and O–H groups in total. The van der Waals surface area contributed by atoms with Crippen LogP contribution < -0.4 is 16.6 Å². The van der Waals surface area contributed by atoms with Gasteiger partial charge in [-0.1, -0.05) is 26.2 Å². The number of hydrogen-bond acceptors (Lipinski definition) is 4. The average Bonchev–Trinajstić information content (AvgIpc) is 2.58. The van der Waals surface area contributed by atoms with E-state index in [0.717, 1.165) is 44.9 Å². The minimum absolute atomic E-state index is 0.0909. The quantitative estimate of drug-likeness (QED) is 0.228. The molecule has 7 heteroatoms. The van der Waals surface area contributed by atoms with Gasteiger partial charge in [-0.15, -0.1) is 0 Å². The van der Waals surface area contributed by atoms with Crippen LogP contribution in [0, 0.1) is 0 Å². The normalized spacial score (nSPS) is 18.6. The van der Waals surface area contributed by atoms with E-state index in [0.29, 0.717) is 19.3 Å². The molecule has 1 aliphatic rings. The van der Waals surface area contributed by atoms with Crippen LogP contribution in [0.15, 0.2) is 0 Å². The van der Waals surface area contributed by atoms with Crippen molar-refractivity contribution < 1.29 is 14.4 Å². The van der Waals surface area contributed by atoms with Crippen molar-refractivity contribution in [3.05, 3.63) is 0 Å². The molecule has 1 saturated heterocycles. The van der Waals surface area contributed by atoms with Gasteiger partial charge in [-0.3, -0.25) is 19.8 Å². The van der Waals surface area contributed by atoms with Crippen molar-refractivity contribution in [2.45, 2.75) is 116 Å². The molecule has 3 amide bonds. The molecule has 1 aliphatic heterocycles. The van der Waals surface area contributed by atoms with Crippen LogP contribution in [-0.2, 0) is 14.4 Å². The third-order valence-electron chi connectivity index (χ3n) is 5.59. The van der Waals surface area contributed by atoms with Crippen LogP contribution in [0.4, 0.5) is 0 Å². The highest BCUT2D eigenvalue weighted by molar-refractivity contribution is 5.78. The number of piperidine rings is 1. The molecule has 0 atom stereocenters. The predicted molar refractivity (Wildman–Crippen MR) is 111 cm³/mol. The largest absolute Gasteiger partial charge is 0.353 e. The number of nitrogens with zero attached hydrogens (tertiary/aromatic N) is 1. The van der Waals surface area contributed by atoms with Crippen molar-refractivity contribution >= 4 is 17.7 Å². The Kier molecular flexibility index (Phi) is 9.40. The highest BCUT2D eigenvalue weighted by Crippen LogP contribution is 2.38. The van der Waals surface area contributed by atoms with Crippen molar-refractivity contribution in [1.29, 1.82) is 0 Å². The van der Waals surface area contributed by atoms with Crippen molar-refractivity contribution in [2.75, 3.05) is 0 Å². The molecule has 1 fully saturated rings. The number of carbonyl (C=O) groups is 3. The number of amides is 3. The molecular formula is C21H40N4O3. The number of carbonyl (C=O) groups excluding carboxylic acids is 3. The number of hydrogen-bond donors (Lipinski definition) is 3. The summed E-state index contributed by atoms with van der Waals surface area (Å²) in [6.07, 6.45) is 7.69. The van der Waals surface area contributed by atoms with E-state index in [9.17, 15) is 14.4 Å². The van der Waals surface area contributed by atoms with E-state index in [2.05, 4.69) is 38.4 Å². The lowest BCUT2D eigenvalue weighted by molar-refractivity contribution is -0.150. The van der Waals surface area contributed by atoms with Gasteiger partial charge < -0.3 is 10.2 Å². The molecule has 1 rings (SSSR count). The molecule has 0 aliphatic carbocycles. The molecule has 0 spiro atoms. The van der Waals surface area contributed by atoms with Crippen LogP contribution in [0.2, 0.25) is 0 Å². The van der Waals surface area contributed by atoms with E-state index in [1.54, 1.807) is 0 Å². The van der Waals surface area contributed by atoms with Crippen LogP contribution in [0.3, 0.4) is 0 Å². The SMILES string of the molecule is CCC(=O)N1C(C)(C)CC(NC(=O)CCCCCCCC(=O)NN)CC1(C)C. The van der Waals surface area contributed by atoms with Crippen molar-refractivity contribution in [3.63, 3.8) is 0 Å². The fourth-order valence-electron chi connectivity index (χ4n) is 4.69. The topological polar surface area (TPSA) is 105 Å². The molecule has 28 heavy (non-hydrogen) atoms. The van der Waals surface area contributed by atoms with E-state index in [1.165, 1.54) is 0 Å². The lowest BCUT2D eigenvalue weighted by atomic mass is 9.76. The summed E-state index contributed by atoms with van der Waals surface area (Å²) in [7, 11) is 0. The van der Waals surface area contributed by atoms with E-state index >= 15 is 0 Å². The first-order valence-corrected chi connectivity index (χ1v) is 10.7. The molecule has 0 unspecified atom stereocenters. The Balaban J connectivity index is 2.37. The zero-order valence-electron chi connectivity index (χ0n) is 18.4. The third-order valence-corrected chi connectivity index (χ3v) is 5.59. The monoisotopic (exact) mass is 396 g/mol. The van der Waals surface area contributed by atoms with Crippen LogP contribution in [0.25, 0.3) is 0 Å². The minimum atomic E-state index is -0.275. The molecule has 162 valence electrons. The number of nitrogens with two attached hydrogens (primary N) is 1. The summed E-state index contributed by atoms with van der Waals surface area (Å²) in [5.74, 6) is 5.18. The zero-order chi connectivity index (χ0) is 21.4. The minimum Gasteiger partial charge on any atom is -0.353 e. The van der Waals surface area contributed by atoms with Gasteiger partial charge in [-0.05, 0) is 53.4 Å². The number of likely N-dealkylation sites (tertiary alicyclic amines) is 1. The van der Waals surface area contributed by atoms with Gasteiger partial charge in [-0.2, -0.15) is 0 Å². The highest BCUT2D eigenvalue weighted by atomic mass is 16.2. The number of rotatable bonds is 10. The smallest absolute Gasteiger partial charge is 0.233 e. The summed E-state index contributed by atoms with van der Waals surface area (Å²) in [5.41, 5.74) is 1.58. The Morgan fingerprint density at radius 1 is 0.893 bits per heavy atom. The lowest BCUT2D eigenvalue weighted by Gasteiger charge is -2.55. The van der Waals surface area contributed by atoms with Gasteiger partial charge in [0.05, 0.1) is 0 Å². The fourth-order valence-corrected chi connectivity index (χ4v) is 4.69. The van der Waals surface area contributed by atoms with E-state index in [1.807, 2.05) is 11.8 Å². The van der Waals surface area contributed by atoms with Gasteiger partial charge in [0.1, 0.15) is 0 Å². The molecule has 0 aromatic heterocycles. The van der Waals surface area contributed by atoms with Gasteiger partial charge in [-0.25, -0.2) is 5.84 Å². The van der Waals surface area contributed by atoms with E-state index in [4.69, 9.17) is 5.84 Å². The molecule has 0 bridgehead atoms. The Morgan fingerprint density at radius 2 is 1.36 bits per heavy atom. The van der Waals surface area contributed by atoms with Crippen LogP contribution in [0.5, 0.6) is 0 Å². The maximum absolute atomic E-state index is 12.4. The Labute approximate surface area is 170 Å². The van der Waals surface area contributed by atoms with Crippen LogP contribution in [-0.4, -0.2) is 39.7 Å². The van der Waals surface area contributed by atoms with Crippen molar-refractivity contribution in [3.8, 4) is 0 Å². The number of unbranched alkanes of at least 4 members (excludes halogenated alkanes) is 4. The highest BCUT2D eigenvalue weighted by Gasteiger charge is 2.47. The standard InChI is InChI=1S/C21H40N4O3/c1-6-19(28)25-20(2,3)14-16(15-21(25,4)5)23-17(26)12-10-8-7-9-11-13-18(27)24-22/h16H,6-15,22H2,1-5H3,(H,23,26)(H,24,27). The first kappa shape index (κ1) is 24.4. The van der Waals surface area contributed by atoms with Crippen LogP contribution in [0.1, 0.15) is 98.8 Å². The summed E-state index contributed by atoms with van der Waals surface area (Å²) < 4.78 is 0. The first-order chi connectivity index (χ1) is 13.0. The number of hydrazine groups is 1. The Morgan fingerprint density at radius 3 is 1.82 bits per heavy atom. The second-order valence-corrected chi connectivity index (χ2v) is 9.22. The number of nitrogens with one attached hydrogen (secondary N) is 2. The van der Waals surface area contributed by atoms with Crippen molar-refractivity contribution in [1.82, 2.24) is 15.6 Å². The summed E-state index contributed by atoms with van der Waals surface area (Å²) in [6.45, 7) is 10.3. The van der Waals surface area contributed by atoms with Gasteiger partial charge in [0.15, 0.2) is 0 Å². The molecule has 7 nitrogen and oxygen atoms in total. The molecular weight excluding hydrogens is 356 g/mol. The second-order valence-electron chi connectivity index (χ2n) is 9.22. The maximum atomic E-state index is 12.4. The molecule has 0 aromatic rings. The summed E-state index contributed by atoms with van der Waals surface area (Å²) >= 11 is 0. The van der Waals surface area contributed by atoms with Crippen LogP contribution >= 0.6 is 0 Å². The molecule has 0 saturated carbocycles. The lowest BCUT2D eigenvalue weighted by Crippen LogP contribution is -2.65. The van der Waals surface area contributed by atoms with E-state index in [-0.39, 0.29) is 34.8 Å². The van der Waals surface area contributed by atoms with E-state index < -0.39 is 0 Å². The zero-order valence-corrected chi connectivity index (χ0v) is 18.4. The summed E-state index contributed by atoms with van der Waals surface area (Å²) in [4.78, 5) is 37.8. The predicted octanol–water partition coefficient (Wildman–Crippen LogP) is 2.78. The summed E-state index contributed by atoms with van der Waals surface area (Å²) in [5, 5.41) is 3.19. The average molecular weight is 397 g/mol. The van der Waals surface area contributed by atoms with Crippen molar-refractivity contribution in [2.24, 2.45) is 5.84 Å². The van der Waals surface area contributed by atoms with Gasteiger partial charge >= 0.3 is 0 Å². The first-order valence-electron chi connectivity index (χ1n) is 10.7. The summed E-state index contributed by atoms with van der Waals surface area (Å²) in [6, 6.07) is 0.0909. The third kappa shape index (κ3) is 7.41. The maximum Gasteiger partial charge on any atom is 0.233 e. The molecule has 1 heterocycles. The van der Waals surface area contributed by atoms with Gasteiger partial charge in [0.2, 0.25) is 17.7 Å². The Hall–Kier alpha value is -1.63. The fraction of sp³-hybridized carbons (Fsp3) is 0.857. The Bertz CT molecular complexity index is 528.